The molecule has 1 rings (SSSR count). The van der Waals surface area contributed by atoms with Crippen LogP contribution in [0.15, 0.2) is 22.7 Å². The Morgan fingerprint density at radius 1 is 1.50 bits per heavy atom. The fraction of sp³-hybridized carbons (Fsp3) is 0.364. The molecule has 0 bridgehead atoms. The van der Waals surface area contributed by atoms with Gasteiger partial charge in [0.05, 0.1) is 5.56 Å². The number of hydrogen-bond donors (Lipinski definition) is 1. The van der Waals surface area contributed by atoms with E-state index in [1.54, 1.807) is 17.0 Å². The molecule has 0 heterocycles. The molecule has 0 unspecified atom stereocenters. The van der Waals surface area contributed by atoms with Crippen molar-refractivity contribution < 1.29 is 9.90 Å². The first kappa shape index (κ1) is 13.5. The zero-order valence-corrected chi connectivity index (χ0v) is 12.1. The quantitative estimate of drug-likeness (QED) is 0.848. The lowest BCUT2D eigenvalue weighted by Gasteiger charge is -2.20. The lowest BCUT2D eigenvalue weighted by molar-refractivity contribution is 0.0772. The van der Waals surface area contributed by atoms with Crippen molar-refractivity contribution in [3.05, 3.63) is 28.2 Å². The minimum Gasteiger partial charge on any atom is -0.507 e. The monoisotopic (exact) mass is 349 g/mol. The number of halogens is 2. The second-order valence-corrected chi connectivity index (χ2v) is 4.94. The molecule has 0 radical (unpaired) electrons. The van der Waals surface area contributed by atoms with Gasteiger partial charge in [0.25, 0.3) is 5.91 Å². The van der Waals surface area contributed by atoms with Crippen molar-refractivity contribution in [2.75, 3.05) is 18.4 Å². The van der Waals surface area contributed by atoms with E-state index in [1.165, 1.54) is 6.07 Å². The van der Waals surface area contributed by atoms with Crippen molar-refractivity contribution in [1.29, 1.82) is 0 Å². The Labute approximate surface area is 112 Å². The Balaban J connectivity index is 2.98. The summed E-state index contributed by atoms with van der Waals surface area (Å²) in [5.41, 5.74) is 0.331. The average molecular weight is 351 g/mol. The summed E-state index contributed by atoms with van der Waals surface area (Å²) in [4.78, 5) is 13.7. The van der Waals surface area contributed by atoms with Crippen LogP contribution in [0.2, 0.25) is 0 Å². The number of carbonyl (C=O) groups excluding carboxylic acids is 1. The van der Waals surface area contributed by atoms with E-state index in [4.69, 9.17) is 0 Å². The number of amides is 1. The molecule has 0 fully saturated rings. The van der Waals surface area contributed by atoms with E-state index in [0.29, 0.717) is 18.7 Å². The standard InChI is InChI=1S/C11H13Br2NO2/c1-2-14(6-5-12)11(16)9-7-8(13)3-4-10(9)15/h3-4,7,15H,2,5-6H2,1H3. The van der Waals surface area contributed by atoms with Crippen LogP contribution in [0.4, 0.5) is 0 Å². The molecule has 0 aromatic heterocycles. The molecule has 0 aliphatic heterocycles. The Hall–Kier alpha value is -0.550. The van der Waals surface area contributed by atoms with Gasteiger partial charge in [-0.3, -0.25) is 4.79 Å². The summed E-state index contributed by atoms with van der Waals surface area (Å²) in [7, 11) is 0. The molecule has 1 N–H and O–H groups in total. The molecule has 1 amide bonds. The highest BCUT2D eigenvalue weighted by Gasteiger charge is 2.17. The molecule has 0 aliphatic rings. The van der Waals surface area contributed by atoms with Gasteiger partial charge < -0.3 is 10.0 Å². The number of hydrogen-bond acceptors (Lipinski definition) is 2. The molecule has 0 atom stereocenters. The molecular weight excluding hydrogens is 338 g/mol. The third kappa shape index (κ3) is 3.22. The Morgan fingerprint density at radius 3 is 2.75 bits per heavy atom. The van der Waals surface area contributed by atoms with Gasteiger partial charge >= 0.3 is 0 Å². The van der Waals surface area contributed by atoms with Gasteiger partial charge in [0, 0.05) is 22.9 Å². The third-order valence-electron chi connectivity index (χ3n) is 2.21. The SMILES string of the molecule is CCN(CCBr)C(=O)c1cc(Br)ccc1O. The van der Waals surface area contributed by atoms with Crippen molar-refractivity contribution in [1.82, 2.24) is 4.90 Å². The van der Waals surface area contributed by atoms with Crippen LogP contribution in [0.5, 0.6) is 5.75 Å². The van der Waals surface area contributed by atoms with Crippen LogP contribution in [0.25, 0.3) is 0 Å². The van der Waals surface area contributed by atoms with Gasteiger partial charge in [-0.1, -0.05) is 31.9 Å². The van der Waals surface area contributed by atoms with Gasteiger partial charge in [0.15, 0.2) is 0 Å². The first-order valence-electron chi connectivity index (χ1n) is 4.94. The fourth-order valence-electron chi connectivity index (χ4n) is 1.36. The molecule has 3 nitrogen and oxygen atoms in total. The van der Waals surface area contributed by atoms with Crippen LogP contribution in [0.1, 0.15) is 17.3 Å². The summed E-state index contributed by atoms with van der Waals surface area (Å²) in [6.07, 6.45) is 0. The van der Waals surface area contributed by atoms with Crippen molar-refractivity contribution in [3.63, 3.8) is 0 Å². The van der Waals surface area contributed by atoms with Crippen molar-refractivity contribution in [3.8, 4) is 5.75 Å². The maximum absolute atomic E-state index is 12.1. The van der Waals surface area contributed by atoms with Gasteiger partial charge in [-0.2, -0.15) is 0 Å². The van der Waals surface area contributed by atoms with Crippen LogP contribution >= 0.6 is 31.9 Å². The second kappa shape index (κ2) is 6.25. The number of alkyl halides is 1. The van der Waals surface area contributed by atoms with Crippen LogP contribution in [-0.4, -0.2) is 34.3 Å². The number of nitrogens with zero attached hydrogens (tertiary/aromatic N) is 1. The fourth-order valence-corrected chi connectivity index (χ4v) is 2.14. The lowest BCUT2D eigenvalue weighted by Crippen LogP contribution is -2.32. The highest BCUT2D eigenvalue weighted by atomic mass is 79.9. The maximum Gasteiger partial charge on any atom is 0.257 e. The number of rotatable bonds is 4. The minimum absolute atomic E-state index is 0.0150. The largest absolute Gasteiger partial charge is 0.507 e. The average Bonchev–Trinajstić information content (AvgIpc) is 2.28. The van der Waals surface area contributed by atoms with Crippen LogP contribution < -0.4 is 0 Å². The minimum atomic E-state index is -0.152. The third-order valence-corrected chi connectivity index (χ3v) is 3.06. The number of phenols is 1. The predicted molar refractivity (Wildman–Crippen MR) is 71.2 cm³/mol. The van der Waals surface area contributed by atoms with Gasteiger partial charge in [0.2, 0.25) is 0 Å². The molecule has 5 heteroatoms. The molecule has 0 spiro atoms. The molecule has 88 valence electrons. The smallest absolute Gasteiger partial charge is 0.257 e. The summed E-state index contributed by atoms with van der Waals surface area (Å²) in [5.74, 6) is -0.137. The predicted octanol–water partition coefficient (Wildman–Crippen LogP) is 3.01. The number of aromatic hydroxyl groups is 1. The van der Waals surface area contributed by atoms with Crippen molar-refractivity contribution in [2.24, 2.45) is 0 Å². The number of carbonyl (C=O) groups is 1. The van der Waals surface area contributed by atoms with E-state index in [1.807, 2.05) is 6.92 Å². The molecule has 1 aromatic rings. The Kier molecular flexibility index (Phi) is 5.28. The van der Waals surface area contributed by atoms with E-state index in [9.17, 15) is 9.90 Å². The lowest BCUT2D eigenvalue weighted by atomic mass is 10.1. The summed E-state index contributed by atoms with van der Waals surface area (Å²) in [6, 6.07) is 4.85. The van der Waals surface area contributed by atoms with Gasteiger partial charge in [0.1, 0.15) is 5.75 Å². The summed E-state index contributed by atoms with van der Waals surface area (Å²) in [6.45, 7) is 3.16. The zero-order valence-electron chi connectivity index (χ0n) is 8.91. The first-order valence-corrected chi connectivity index (χ1v) is 6.85. The molecule has 0 saturated heterocycles. The molecule has 0 aliphatic carbocycles. The highest BCUT2D eigenvalue weighted by molar-refractivity contribution is 9.10. The van der Waals surface area contributed by atoms with Crippen molar-refractivity contribution in [2.45, 2.75) is 6.92 Å². The second-order valence-electron chi connectivity index (χ2n) is 3.24. The van der Waals surface area contributed by atoms with Gasteiger partial charge in [-0.15, -0.1) is 0 Å². The molecule has 1 aromatic carbocycles. The Bertz CT molecular complexity index is 382. The summed E-state index contributed by atoms with van der Waals surface area (Å²) in [5, 5.41) is 10.4. The summed E-state index contributed by atoms with van der Waals surface area (Å²) >= 11 is 6.58. The van der Waals surface area contributed by atoms with E-state index in [2.05, 4.69) is 31.9 Å². The normalized spacial score (nSPS) is 10.2. The first-order chi connectivity index (χ1) is 7.60. The van der Waals surface area contributed by atoms with Gasteiger partial charge in [-0.25, -0.2) is 0 Å². The van der Waals surface area contributed by atoms with E-state index in [0.717, 1.165) is 9.80 Å². The van der Waals surface area contributed by atoms with E-state index in [-0.39, 0.29) is 11.7 Å². The molecule has 16 heavy (non-hydrogen) atoms. The molecule has 0 saturated carbocycles. The van der Waals surface area contributed by atoms with Crippen LogP contribution in [-0.2, 0) is 0 Å². The maximum atomic E-state index is 12.1. The topological polar surface area (TPSA) is 40.5 Å². The van der Waals surface area contributed by atoms with E-state index < -0.39 is 0 Å². The van der Waals surface area contributed by atoms with Crippen LogP contribution in [0.3, 0.4) is 0 Å². The molecular formula is C11H13Br2NO2. The highest BCUT2D eigenvalue weighted by Crippen LogP contribution is 2.23. The summed E-state index contributed by atoms with van der Waals surface area (Å²) < 4.78 is 0.781. The van der Waals surface area contributed by atoms with Gasteiger partial charge in [-0.05, 0) is 25.1 Å². The van der Waals surface area contributed by atoms with Crippen molar-refractivity contribution >= 4 is 37.8 Å². The zero-order chi connectivity index (χ0) is 12.1. The number of benzene rings is 1. The number of phenolic OH excluding ortho intramolecular Hbond substituents is 1. The van der Waals surface area contributed by atoms with Crippen LogP contribution in [0, 0.1) is 0 Å². The van der Waals surface area contributed by atoms with E-state index >= 15 is 0 Å². The Morgan fingerprint density at radius 2 is 2.19 bits per heavy atom.